The molecule has 0 atom stereocenters. The van der Waals surface area contributed by atoms with Crippen LogP contribution in [0.4, 0.5) is 0 Å². The molecule has 0 unspecified atom stereocenters. The van der Waals surface area contributed by atoms with Gasteiger partial charge >= 0.3 is 0 Å². The lowest BCUT2D eigenvalue weighted by Crippen LogP contribution is -2.42. The summed E-state index contributed by atoms with van der Waals surface area (Å²) in [4.78, 5) is 14.1. The number of nitrogens with two attached hydrogens (primary N) is 1. The molecule has 0 aliphatic carbocycles. The van der Waals surface area contributed by atoms with Crippen molar-refractivity contribution >= 4 is 23.1 Å². The molecule has 1 amide bonds. The van der Waals surface area contributed by atoms with Crippen molar-refractivity contribution in [3.63, 3.8) is 0 Å². The summed E-state index contributed by atoms with van der Waals surface area (Å²) in [6, 6.07) is 0. The molecule has 0 bridgehead atoms. The van der Waals surface area contributed by atoms with E-state index < -0.39 is 0 Å². The van der Waals surface area contributed by atoms with Gasteiger partial charge in [-0.2, -0.15) is 0 Å². The fraction of sp³-hybridized carbons (Fsp3) is 0.800. The minimum Gasteiger partial charge on any atom is -0.392 e. The van der Waals surface area contributed by atoms with E-state index in [4.69, 9.17) is 22.7 Å². The van der Waals surface area contributed by atoms with Gasteiger partial charge in [0.2, 0.25) is 5.91 Å². The molecule has 86 valence electrons. The molecule has 2 N–H and O–H groups in total. The quantitative estimate of drug-likeness (QED) is 0.717. The summed E-state index contributed by atoms with van der Waals surface area (Å²) >= 11 is 4.82. The molecule has 4 nitrogen and oxygen atoms in total. The van der Waals surface area contributed by atoms with E-state index in [-0.39, 0.29) is 11.8 Å². The van der Waals surface area contributed by atoms with E-state index in [1.807, 2.05) is 6.92 Å². The van der Waals surface area contributed by atoms with Gasteiger partial charge in [0.05, 0.1) is 11.5 Å². The topological polar surface area (TPSA) is 55.6 Å². The molecule has 1 aliphatic heterocycles. The number of amides is 1. The first-order valence-electron chi connectivity index (χ1n) is 5.30. The summed E-state index contributed by atoms with van der Waals surface area (Å²) in [5.74, 6) is 0.252. The van der Waals surface area contributed by atoms with E-state index in [0.717, 1.165) is 12.8 Å². The fourth-order valence-electron chi connectivity index (χ4n) is 1.74. The predicted octanol–water partition coefficient (Wildman–Crippen LogP) is 0.548. The molecule has 1 fully saturated rings. The summed E-state index contributed by atoms with van der Waals surface area (Å²) in [6.07, 6.45) is 1.62. The number of nitrogens with zero attached hydrogens (tertiary/aromatic N) is 1. The molecule has 0 aromatic rings. The van der Waals surface area contributed by atoms with Crippen molar-refractivity contribution in [2.45, 2.75) is 19.8 Å². The molecule has 1 rings (SSSR count). The van der Waals surface area contributed by atoms with Crippen LogP contribution in [-0.4, -0.2) is 42.1 Å². The minimum absolute atomic E-state index is 0.0908. The van der Waals surface area contributed by atoms with Crippen LogP contribution < -0.4 is 5.73 Å². The fourth-order valence-corrected chi connectivity index (χ4v) is 1.89. The maximum Gasteiger partial charge on any atom is 0.226 e. The van der Waals surface area contributed by atoms with Crippen LogP contribution in [0, 0.1) is 5.92 Å². The van der Waals surface area contributed by atoms with Gasteiger partial charge < -0.3 is 15.4 Å². The standard InChI is InChI=1S/C10H18N2O2S/c1-2-12(7-9(11)15)10(13)8-3-5-14-6-4-8/h8H,2-7H2,1H3,(H2,11,15). The average Bonchev–Trinajstić information content (AvgIpc) is 2.26. The highest BCUT2D eigenvalue weighted by atomic mass is 32.1. The first-order valence-corrected chi connectivity index (χ1v) is 5.70. The molecule has 0 saturated carbocycles. The van der Waals surface area contributed by atoms with E-state index in [9.17, 15) is 4.79 Å². The molecule has 0 radical (unpaired) electrons. The number of ether oxygens (including phenoxy) is 1. The van der Waals surface area contributed by atoms with Gasteiger partial charge in [0.25, 0.3) is 0 Å². The molecule has 0 aromatic carbocycles. The lowest BCUT2D eigenvalue weighted by molar-refractivity contribution is -0.137. The lowest BCUT2D eigenvalue weighted by atomic mass is 9.98. The average molecular weight is 230 g/mol. The van der Waals surface area contributed by atoms with Crippen LogP contribution in [-0.2, 0) is 9.53 Å². The summed E-state index contributed by atoms with van der Waals surface area (Å²) < 4.78 is 5.22. The second-order valence-electron chi connectivity index (χ2n) is 3.71. The molecule has 1 heterocycles. The normalized spacial score (nSPS) is 17.4. The van der Waals surface area contributed by atoms with Crippen molar-refractivity contribution in [2.75, 3.05) is 26.3 Å². The zero-order chi connectivity index (χ0) is 11.3. The van der Waals surface area contributed by atoms with Gasteiger partial charge in [0.1, 0.15) is 0 Å². The third-order valence-electron chi connectivity index (χ3n) is 2.61. The Morgan fingerprint density at radius 2 is 2.13 bits per heavy atom. The largest absolute Gasteiger partial charge is 0.392 e. The number of hydrogen-bond donors (Lipinski definition) is 1. The van der Waals surface area contributed by atoms with Crippen LogP contribution in [0.25, 0.3) is 0 Å². The third kappa shape index (κ3) is 3.76. The van der Waals surface area contributed by atoms with E-state index in [2.05, 4.69) is 0 Å². The van der Waals surface area contributed by atoms with Crippen LogP contribution in [0.1, 0.15) is 19.8 Å². The van der Waals surface area contributed by atoms with Crippen LogP contribution in [0.5, 0.6) is 0 Å². The molecular weight excluding hydrogens is 212 g/mol. The van der Waals surface area contributed by atoms with E-state index >= 15 is 0 Å². The number of carbonyl (C=O) groups is 1. The molecular formula is C10H18N2O2S. The zero-order valence-electron chi connectivity index (χ0n) is 9.07. The number of rotatable bonds is 4. The first kappa shape index (κ1) is 12.4. The number of hydrogen-bond acceptors (Lipinski definition) is 3. The molecule has 5 heteroatoms. The maximum absolute atomic E-state index is 12.0. The van der Waals surface area contributed by atoms with Gasteiger partial charge in [-0.3, -0.25) is 4.79 Å². The van der Waals surface area contributed by atoms with Gasteiger partial charge in [-0.05, 0) is 19.8 Å². The van der Waals surface area contributed by atoms with Crippen molar-refractivity contribution < 1.29 is 9.53 Å². The Morgan fingerprint density at radius 1 is 1.53 bits per heavy atom. The lowest BCUT2D eigenvalue weighted by Gasteiger charge is -2.28. The number of carbonyl (C=O) groups excluding carboxylic acids is 1. The van der Waals surface area contributed by atoms with Crippen molar-refractivity contribution in [3.05, 3.63) is 0 Å². The van der Waals surface area contributed by atoms with Crippen LogP contribution in [0.2, 0.25) is 0 Å². The number of likely N-dealkylation sites (N-methyl/N-ethyl adjacent to an activating group) is 1. The minimum atomic E-state index is 0.0908. The Labute approximate surface area is 95.8 Å². The summed E-state index contributed by atoms with van der Waals surface area (Å²) in [6.45, 7) is 4.35. The summed E-state index contributed by atoms with van der Waals surface area (Å²) in [5.41, 5.74) is 5.45. The Morgan fingerprint density at radius 3 is 2.60 bits per heavy atom. The van der Waals surface area contributed by atoms with E-state index in [1.54, 1.807) is 4.90 Å². The van der Waals surface area contributed by atoms with Gasteiger partial charge in [0.15, 0.2) is 0 Å². The highest BCUT2D eigenvalue weighted by Crippen LogP contribution is 2.17. The Balaban J connectivity index is 2.50. The molecule has 1 aliphatic rings. The highest BCUT2D eigenvalue weighted by Gasteiger charge is 2.25. The molecule has 1 saturated heterocycles. The van der Waals surface area contributed by atoms with Crippen molar-refractivity contribution in [2.24, 2.45) is 11.7 Å². The first-order chi connectivity index (χ1) is 7.15. The summed E-state index contributed by atoms with van der Waals surface area (Å²) in [5, 5.41) is 0. The van der Waals surface area contributed by atoms with Gasteiger partial charge in [-0.1, -0.05) is 12.2 Å². The van der Waals surface area contributed by atoms with Crippen molar-refractivity contribution in [1.82, 2.24) is 4.90 Å². The van der Waals surface area contributed by atoms with Gasteiger partial charge in [-0.25, -0.2) is 0 Å². The van der Waals surface area contributed by atoms with Crippen LogP contribution in [0.15, 0.2) is 0 Å². The van der Waals surface area contributed by atoms with E-state index in [0.29, 0.717) is 31.3 Å². The summed E-state index contributed by atoms with van der Waals surface area (Å²) in [7, 11) is 0. The SMILES string of the molecule is CCN(CC(N)=S)C(=O)C1CCOCC1. The second kappa shape index (κ2) is 6.02. The third-order valence-corrected chi connectivity index (χ3v) is 2.74. The molecule has 0 aromatic heterocycles. The van der Waals surface area contributed by atoms with Crippen LogP contribution in [0.3, 0.4) is 0 Å². The highest BCUT2D eigenvalue weighted by molar-refractivity contribution is 7.80. The second-order valence-corrected chi connectivity index (χ2v) is 4.23. The van der Waals surface area contributed by atoms with E-state index in [1.165, 1.54) is 0 Å². The van der Waals surface area contributed by atoms with Gasteiger partial charge in [-0.15, -0.1) is 0 Å². The Hall–Kier alpha value is -0.680. The van der Waals surface area contributed by atoms with Crippen molar-refractivity contribution in [3.8, 4) is 0 Å². The zero-order valence-corrected chi connectivity index (χ0v) is 9.89. The maximum atomic E-state index is 12.0. The number of thiocarbonyl (C=S) groups is 1. The predicted molar refractivity (Wildman–Crippen MR) is 62.6 cm³/mol. The Kier molecular flexibility index (Phi) is 4.98. The van der Waals surface area contributed by atoms with Crippen molar-refractivity contribution in [1.29, 1.82) is 0 Å². The monoisotopic (exact) mass is 230 g/mol. The smallest absolute Gasteiger partial charge is 0.226 e. The molecule has 15 heavy (non-hydrogen) atoms. The van der Waals surface area contributed by atoms with Crippen LogP contribution >= 0.6 is 12.2 Å². The Bertz CT molecular complexity index is 240. The molecule has 0 spiro atoms. The van der Waals surface area contributed by atoms with Gasteiger partial charge in [0, 0.05) is 25.7 Å².